The van der Waals surface area contributed by atoms with Gasteiger partial charge in [-0.15, -0.1) is 0 Å². The Bertz CT molecular complexity index is 1170. The van der Waals surface area contributed by atoms with Crippen molar-refractivity contribution >= 4 is 35.8 Å². The Balaban J connectivity index is 0.000000226. The van der Waals surface area contributed by atoms with Gasteiger partial charge in [0.2, 0.25) is 11.8 Å². The molecule has 1 saturated heterocycles. The molecule has 5 rings (SSSR count). The van der Waals surface area contributed by atoms with Gasteiger partial charge < -0.3 is 20.1 Å². The number of amides is 6. The predicted octanol–water partition coefficient (Wildman–Crippen LogP) is 5.86. The zero-order chi connectivity index (χ0) is 35.6. The van der Waals surface area contributed by atoms with Gasteiger partial charge in [-0.2, -0.15) is 0 Å². The Morgan fingerprint density at radius 2 is 1.24 bits per heavy atom. The van der Waals surface area contributed by atoms with Crippen LogP contribution in [0.2, 0.25) is 0 Å². The van der Waals surface area contributed by atoms with Crippen molar-refractivity contribution < 1.29 is 38.2 Å². The molecule has 6 amide bonds. The van der Waals surface area contributed by atoms with Gasteiger partial charge in [0.25, 0.3) is 0 Å². The number of esters is 2. The Kier molecular flexibility index (Phi) is 13.9. The molecule has 4 aliphatic carbocycles. The highest BCUT2D eigenvalue weighted by Gasteiger charge is 2.52. The highest BCUT2D eigenvalue weighted by molar-refractivity contribution is 6.14. The summed E-state index contributed by atoms with van der Waals surface area (Å²) in [6.45, 7) is 9.81. The molecule has 49 heavy (non-hydrogen) atoms. The molecule has 0 atom stereocenters. The van der Waals surface area contributed by atoms with Crippen molar-refractivity contribution in [2.45, 2.75) is 149 Å². The number of hydrogen-bond acceptors (Lipinski definition) is 8. The standard InChI is InChI=1S/C20H30N2O5.C17H30N2O3/c1-3-5-10-21-16(23)11-17(24)22(19(21)26)15-6-8-20(9-7-15)12-14(13-20)18(25)27-4-2;1-3-5-10-18-16(21)19-14-6-8-17(9-7-14)11-13(12-17)15(20)22-4-2/h14-15H,3-13H2,1-2H3;13-14H,3-12H2,1-2H3,(H2,18,19,21). The first-order valence-electron chi connectivity index (χ1n) is 19.0. The van der Waals surface area contributed by atoms with Crippen LogP contribution >= 0.6 is 0 Å². The highest BCUT2D eigenvalue weighted by atomic mass is 16.5. The Morgan fingerprint density at radius 1 is 0.735 bits per heavy atom. The summed E-state index contributed by atoms with van der Waals surface area (Å²) in [6.07, 6.45) is 14.8. The molecular formula is C37H60N4O8. The van der Waals surface area contributed by atoms with E-state index >= 15 is 0 Å². The number of carbonyl (C=O) groups is 6. The van der Waals surface area contributed by atoms with Crippen molar-refractivity contribution in [3.63, 3.8) is 0 Å². The molecule has 2 spiro atoms. The van der Waals surface area contributed by atoms with Crippen molar-refractivity contribution in [1.82, 2.24) is 20.4 Å². The van der Waals surface area contributed by atoms with Crippen LogP contribution in [0.25, 0.3) is 0 Å². The molecule has 5 aliphatic rings. The van der Waals surface area contributed by atoms with Crippen LogP contribution in [0.5, 0.6) is 0 Å². The number of rotatable bonds is 12. The van der Waals surface area contributed by atoms with E-state index in [1.807, 2.05) is 20.8 Å². The van der Waals surface area contributed by atoms with Crippen LogP contribution in [-0.2, 0) is 28.7 Å². The lowest BCUT2D eigenvalue weighted by Gasteiger charge is -2.52. The lowest BCUT2D eigenvalue weighted by Crippen LogP contribution is -2.59. The normalized spacial score (nSPS) is 30.9. The second-order valence-electron chi connectivity index (χ2n) is 15.1. The number of urea groups is 2. The molecule has 0 radical (unpaired) electrons. The third-order valence-electron chi connectivity index (χ3n) is 11.6. The molecule has 0 aromatic rings. The fraction of sp³-hybridized carbons (Fsp3) is 0.838. The number of unbranched alkanes of at least 4 members (excludes halogenated alkanes) is 2. The number of carbonyl (C=O) groups excluding carboxylic acids is 6. The topological polar surface area (TPSA) is 151 Å². The van der Waals surface area contributed by atoms with E-state index in [0.717, 1.165) is 109 Å². The summed E-state index contributed by atoms with van der Waals surface area (Å²) in [5, 5.41) is 5.98. The van der Waals surface area contributed by atoms with Crippen molar-refractivity contribution in [2.75, 3.05) is 26.3 Å². The SMILES string of the molecule is CCCCN1C(=O)CC(=O)N(C2CCC3(CC2)CC(C(=O)OCC)C3)C1=O.CCCCNC(=O)NC1CCC2(CC1)CC(C(=O)OCC)C2. The van der Waals surface area contributed by atoms with E-state index in [1.54, 1.807) is 0 Å². The molecule has 0 unspecified atom stereocenters. The third-order valence-corrected chi connectivity index (χ3v) is 11.6. The van der Waals surface area contributed by atoms with E-state index in [2.05, 4.69) is 17.6 Å². The Hall–Kier alpha value is -3.18. The maximum Gasteiger partial charge on any atom is 0.333 e. The number of nitrogens with one attached hydrogen (secondary N) is 2. The van der Waals surface area contributed by atoms with Gasteiger partial charge in [0.05, 0.1) is 25.0 Å². The minimum Gasteiger partial charge on any atom is -0.466 e. The quantitative estimate of drug-likeness (QED) is 0.147. The zero-order valence-corrected chi connectivity index (χ0v) is 30.3. The van der Waals surface area contributed by atoms with Crippen molar-refractivity contribution in [1.29, 1.82) is 0 Å². The largest absolute Gasteiger partial charge is 0.466 e. The summed E-state index contributed by atoms with van der Waals surface area (Å²) in [7, 11) is 0. The lowest BCUT2D eigenvalue weighted by molar-refractivity contribution is -0.159. The fourth-order valence-corrected chi connectivity index (χ4v) is 8.65. The molecule has 12 nitrogen and oxygen atoms in total. The van der Waals surface area contributed by atoms with Crippen molar-refractivity contribution in [2.24, 2.45) is 22.7 Å². The van der Waals surface area contributed by atoms with E-state index in [4.69, 9.17) is 9.47 Å². The summed E-state index contributed by atoms with van der Waals surface area (Å²) >= 11 is 0. The average molecular weight is 689 g/mol. The average Bonchev–Trinajstić information content (AvgIpc) is 3.04. The predicted molar refractivity (Wildman–Crippen MR) is 183 cm³/mol. The lowest BCUT2D eigenvalue weighted by atomic mass is 9.55. The second-order valence-corrected chi connectivity index (χ2v) is 15.1. The summed E-state index contributed by atoms with van der Waals surface area (Å²) in [4.78, 5) is 75.1. The minimum atomic E-state index is -0.441. The smallest absolute Gasteiger partial charge is 0.333 e. The van der Waals surface area contributed by atoms with Crippen LogP contribution in [0.3, 0.4) is 0 Å². The maximum absolute atomic E-state index is 12.8. The summed E-state index contributed by atoms with van der Waals surface area (Å²) in [6, 6.07) is -0.320. The zero-order valence-electron chi connectivity index (χ0n) is 30.3. The Labute approximate surface area is 292 Å². The monoisotopic (exact) mass is 688 g/mol. The van der Waals surface area contributed by atoms with Crippen LogP contribution in [0.1, 0.15) is 137 Å². The number of imide groups is 2. The van der Waals surface area contributed by atoms with Crippen molar-refractivity contribution in [3.05, 3.63) is 0 Å². The van der Waals surface area contributed by atoms with Crippen LogP contribution in [0.15, 0.2) is 0 Å². The molecule has 0 aromatic heterocycles. The third kappa shape index (κ3) is 9.75. The highest BCUT2D eigenvalue weighted by Crippen LogP contribution is 2.56. The van der Waals surface area contributed by atoms with Gasteiger partial charge >= 0.3 is 24.0 Å². The molecule has 276 valence electrons. The first-order valence-corrected chi connectivity index (χ1v) is 19.0. The van der Waals surface area contributed by atoms with Gasteiger partial charge in [0.15, 0.2) is 0 Å². The molecule has 1 aliphatic heterocycles. The van der Waals surface area contributed by atoms with Gasteiger partial charge in [0, 0.05) is 25.2 Å². The first-order chi connectivity index (χ1) is 23.5. The number of hydrogen-bond donors (Lipinski definition) is 2. The Morgan fingerprint density at radius 3 is 1.73 bits per heavy atom. The second kappa shape index (κ2) is 17.7. The summed E-state index contributed by atoms with van der Waals surface area (Å²) in [5.74, 6) is -0.751. The van der Waals surface area contributed by atoms with Gasteiger partial charge in [0.1, 0.15) is 6.42 Å². The van der Waals surface area contributed by atoms with Crippen LogP contribution in [0.4, 0.5) is 9.59 Å². The summed E-state index contributed by atoms with van der Waals surface area (Å²) < 4.78 is 10.2. The minimum absolute atomic E-state index is 0.00177. The summed E-state index contributed by atoms with van der Waals surface area (Å²) in [5.41, 5.74) is 0.502. The molecule has 2 N–H and O–H groups in total. The fourth-order valence-electron chi connectivity index (χ4n) is 8.65. The molecule has 0 bridgehead atoms. The number of nitrogens with zero attached hydrogens (tertiary/aromatic N) is 2. The molecule has 0 aromatic carbocycles. The maximum atomic E-state index is 12.8. The van der Waals surface area contributed by atoms with Crippen LogP contribution < -0.4 is 10.6 Å². The van der Waals surface area contributed by atoms with Gasteiger partial charge in [-0.1, -0.05) is 26.7 Å². The van der Waals surface area contributed by atoms with E-state index in [1.165, 1.54) is 9.80 Å². The van der Waals surface area contributed by atoms with Gasteiger partial charge in [-0.05, 0) is 115 Å². The molecule has 4 saturated carbocycles. The number of ether oxygens (including phenoxy) is 2. The molecule has 5 fully saturated rings. The van der Waals surface area contributed by atoms with E-state index in [9.17, 15) is 28.8 Å². The van der Waals surface area contributed by atoms with Gasteiger partial charge in [-0.3, -0.25) is 29.0 Å². The van der Waals surface area contributed by atoms with Crippen LogP contribution in [0, 0.1) is 22.7 Å². The first kappa shape index (κ1) is 38.6. The number of barbiturate groups is 1. The van der Waals surface area contributed by atoms with E-state index in [-0.39, 0.29) is 65.5 Å². The molecule has 12 heteroatoms. The molecular weight excluding hydrogens is 628 g/mol. The molecule has 1 heterocycles. The van der Waals surface area contributed by atoms with Crippen LogP contribution in [-0.4, -0.2) is 84.0 Å². The van der Waals surface area contributed by atoms with Gasteiger partial charge in [-0.25, -0.2) is 9.59 Å². The van der Waals surface area contributed by atoms with E-state index < -0.39 is 6.03 Å². The van der Waals surface area contributed by atoms with Crippen molar-refractivity contribution in [3.8, 4) is 0 Å². The van der Waals surface area contributed by atoms with E-state index in [0.29, 0.717) is 25.2 Å².